The molecule has 0 bridgehead atoms. The SMILES string of the molecule is COc1cccc(CNC(=O)[C@@H]2CCCN(c3cccc4c3C(=O)N(Cc3ccncc3)C4=O)C2)c1OC. The second-order valence-corrected chi connectivity index (χ2v) is 9.41. The molecule has 1 fully saturated rings. The summed E-state index contributed by atoms with van der Waals surface area (Å²) in [5.74, 6) is 0.277. The lowest BCUT2D eigenvalue weighted by Crippen LogP contribution is -2.43. The van der Waals surface area contributed by atoms with Gasteiger partial charge in [0.05, 0.1) is 43.5 Å². The van der Waals surface area contributed by atoms with Gasteiger partial charge >= 0.3 is 0 Å². The average Bonchev–Trinajstić information content (AvgIpc) is 3.21. The van der Waals surface area contributed by atoms with Gasteiger partial charge in [-0.3, -0.25) is 24.3 Å². The number of piperidine rings is 1. The van der Waals surface area contributed by atoms with Crippen LogP contribution in [-0.2, 0) is 17.9 Å². The van der Waals surface area contributed by atoms with E-state index in [0.717, 1.165) is 24.0 Å². The van der Waals surface area contributed by atoms with Crippen LogP contribution >= 0.6 is 0 Å². The average molecular weight is 515 g/mol. The molecule has 1 aromatic heterocycles. The van der Waals surface area contributed by atoms with Gasteiger partial charge in [0.25, 0.3) is 11.8 Å². The Hall–Kier alpha value is -4.40. The van der Waals surface area contributed by atoms with Crippen molar-refractivity contribution in [2.75, 3.05) is 32.2 Å². The maximum absolute atomic E-state index is 13.4. The largest absolute Gasteiger partial charge is 0.493 e. The first kappa shape index (κ1) is 25.3. The number of aromatic nitrogens is 1. The minimum Gasteiger partial charge on any atom is -0.493 e. The molecule has 0 unspecified atom stereocenters. The van der Waals surface area contributed by atoms with E-state index in [4.69, 9.17) is 9.47 Å². The first-order chi connectivity index (χ1) is 18.5. The van der Waals surface area contributed by atoms with E-state index >= 15 is 0 Å². The van der Waals surface area contributed by atoms with Gasteiger partial charge in [-0.1, -0.05) is 18.2 Å². The number of benzene rings is 2. The molecule has 0 radical (unpaired) electrons. The molecule has 3 heterocycles. The van der Waals surface area contributed by atoms with Gasteiger partial charge in [0.2, 0.25) is 5.91 Å². The number of para-hydroxylation sites is 1. The number of imide groups is 1. The lowest BCUT2D eigenvalue weighted by molar-refractivity contribution is -0.125. The van der Waals surface area contributed by atoms with Crippen LogP contribution in [0, 0.1) is 5.92 Å². The van der Waals surface area contributed by atoms with Gasteiger partial charge in [-0.2, -0.15) is 0 Å². The molecule has 196 valence electrons. The zero-order chi connectivity index (χ0) is 26.6. The number of methoxy groups -OCH3 is 2. The fraction of sp³-hybridized carbons (Fsp3) is 0.310. The van der Waals surface area contributed by atoms with Crippen molar-refractivity contribution in [3.05, 3.63) is 83.2 Å². The number of ether oxygens (including phenoxy) is 2. The summed E-state index contributed by atoms with van der Waals surface area (Å²) in [5.41, 5.74) is 3.17. The summed E-state index contributed by atoms with van der Waals surface area (Å²) in [7, 11) is 3.15. The quantitative estimate of drug-likeness (QED) is 0.460. The first-order valence-corrected chi connectivity index (χ1v) is 12.6. The van der Waals surface area contributed by atoms with E-state index in [0.29, 0.717) is 47.9 Å². The number of amides is 3. The van der Waals surface area contributed by atoms with Crippen molar-refractivity contribution in [2.24, 2.45) is 5.92 Å². The Morgan fingerprint density at radius 1 is 1.03 bits per heavy atom. The van der Waals surface area contributed by atoms with Gasteiger partial charge in [-0.25, -0.2) is 0 Å². The molecule has 1 atom stereocenters. The maximum atomic E-state index is 13.4. The standard InChI is InChI=1S/C29H30N4O5/c1-37-24-10-3-6-20(26(24)38-2)16-31-27(34)21-7-5-15-32(18-21)23-9-4-8-22-25(23)29(36)33(28(22)35)17-19-11-13-30-14-12-19/h3-4,6,8-14,21H,5,7,15-18H2,1-2H3,(H,31,34)/t21-/m1/s1. The number of fused-ring (bicyclic) bond motifs is 1. The third kappa shape index (κ3) is 4.79. The minimum absolute atomic E-state index is 0.0612. The fourth-order valence-corrected chi connectivity index (χ4v) is 5.22. The molecule has 3 amide bonds. The number of nitrogens with zero attached hydrogens (tertiary/aromatic N) is 3. The molecule has 38 heavy (non-hydrogen) atoms. The second-order valence-electron chi connectivity index (χ2n) is 9.41. The van der Waals surface area contributed by atoms with Crippen LogP contribution in [-0.4, -0.2) is 54.9 Å². The van der Waals surface area contributed by atoms with Crippen LogP contribution in [0.4, 0.5) is 5.69 Å². The van der Waals surface area contributed by atoms with Crippen LogP contribution in [0.3, 0.4) is 0 Å². The molecule has 1 N–H and O–H groups in total. The van der Waals surface area contributed by atoms with Crippen LogP contribution in [0.5, 0.6) is 11.5 Å². The van der Waals surface area contributed by atoms with E-state index in [2.05, 4.69) is 15.2 Å². The monoisotopic (exact) mass is 514 g/mol. The van der Waals surface area contributed by atoms with Crippen molar-refractivity contribution in [3.63, 3.8) is 0 Å². The zero-order valence-electron chi connectivity index (χ0n) is 21.5. The molecule has 5 rings (SSSR count). The van der Waals surface area contributed by atoms with Crippen molar-refractivity contribution in [1.82, 2.24) is 15.2 Å². The third-order valence-electron chi connectivity index (χ3n) is 7.14. The zero-order valence-corrected chi connectivity index (χ0v) is 21.5. The Kier molecular flexibility index (Phi) is 7.26. The third-order valence-corrected chi connectivity index (χ3v) is 7.14. The molecule has 2 aliphatic heterocycles. The van der Waals surface area contributed by atoms with E-state index in [1.807, 2.05) is 24.3 Å². The van der Waals surface area contributed by atoms with Gasteiger partial charge in [-0.15, -0.1) is 0 Å². The molecule has 9 nitrogen and oxygen atoms in total. The molecule has 0 aliphatic carbocycles. The van der Waals surface area contributed by atoms with Crippen LogP contribution < -0.4 is 19.7 Å². The van der Waals surface area contributed by atoms with Crippen LogP contribution in [0.15, 0.2) is 60.9 Å². The molecule has 9 heteroatoms. The summed E-state index contributed by atoms with van der Waals surface area (Å²) in [5, 5.41) is 3.03. The molecule has 0 saturated carbocycles. The van der Waals surface area contributed by atoms with Gasteiger partial charge in [0.15, 0.2) is 11.5 Å². The van der Waals surface area contributed by atoms with Gasteiger partial charge in [0, 0.05) is 37.6 Å². The number of pyridine rings is 1. The van der Waals surface area contributed by atoms with Crippen molar-refractivity contribution < 1.29 is 23.9 Å². The number of carbonyl (C=O) groups excluding carboxylic acids is 3. The summed E-state index contributed by atoms with van der Waals surface area (Å²) >= 11 is 0. The highest BCUT2D eigenvalue weighted by molar-refractivity contribution is 6.23. The summed E-state index contributed by atoms with van der Waals surface area (Å²) < 4.78 is 10.8. The number of nitrogens with one attached hydrogen (secondary N) is 1. The molecule has 0 spiro atoms. The first-order valence-electron chi connectivity index (χ1n) is 12.6. The van der Waals surface area contributed by atoms with E-state index < -0.39 is 0 Å². The topological polar surface area (TPSA) is 101 Å². The van der Waals surface area contributed by atoms with Gasteiger partial charge < -0.3 is 19.7 Å². The molecular weight excluding hydrogens is 484 g/mol. The number of rotatable bonds is 8. The highest BCUT2D eigenvalue weighted by atomic mass is 16.5. The molecule has 3 aromatic rings. The normalized spacial score (nSPS) is 16.8. The number of anilines is 1. The molecule has 2 aliphatic rings. The number of carbonyl (C=O) groups is 3. The Labute approximate surface area is 221 Å². The summed E-state index contributed by atoms with van der Waals surface area (Å²) in [6.07, 6.45) is 4.82. The minimum atomic E-state index is -0.311. The summed E-state index contributed by atoms with van der Waals surface area (Å²) in [4.78, 5) is 47.0. The number of hydrogen-bond acceptors (Lipinski definition) is 7. The predicted molar refractivity (Wildman–Crippen MR) is 141 cm³/mol. The molecular formula is C29H30N4O5. The van der Waals surface area contributed by atoms with Crippen LogP contribution in [0.2, 0.25) is 0 Å². The Balaban J connectivity index is 1.30. The lowest BCUT2D eigenvalue weighted by atomic mass is 9.95. The molecule has 2 aromatic carbocycles. The van der Waals surface area contributed by atoms with Crippen LogP contribution in [0.25, 0.3) is 0 Å². The lowest BCUT2D eigenvalue weighted by Gasteiger charge is -2.34. The van der Waals surface area contributed by atoms with E-state index in [1.54, 1.807) is 50.9 Å². The van der Waals surface area contributed by atoms with Gasteiger partial charge in [-0.05, 0) is 48.7 Å². The Morgan fingerprint density at radius 2 is 1.82 bits per heavy atom. The highest BCUT2D eigenvalue weighted by Crippen LogP contribution is 2.35. The molecule has 1 saturated heterocycles. The predicted octanol–water partition coefficient (Wildman–Crippen LogP) is 3.43. The van der Waals surface area contributed by atoms with Crippen molar-refractivity contribution in [2.45, 2.75) is 25.9 Å². The van der Waals surface area contributed by atoms with Crippen molar-refractivity contribution in [3.8, 4) is 11.5 Å². The fourth-order valence-electron chi connectivity index (χ4n) is 5.22. The maximum Gasteiger partial charge on any atom is 0.263 e. The number of hydrogen-bond donors (Lipinski definition) is 1. The van der Waals surface area contributed by atoms with Gasteiger partial charge in [0.1, 0.15) is 0 Å². The van der Waals surface area contributed by atoms with E-state index in [-0.39, 0.29) is 30.2 Å². The van der Waals surface area contributed by atoms with Crippen LogP contribution in [0.1, 0.15) is 44.7 Å². The van der Waals surface area contributed by atoms with E-state index in [1.165, 1.54) is 4.90 Å². The van der Waals surface area contributed by atoms with Crippen molar-refractivity contribution in [1.29, 1.82) is 0 Å². The van der Waals surface area contributed by atoms with Crippen molar-refractivity contribution >= 4 is 23.4 Å². The Morgan fingerprint density at radius 3 is 2.58 bits per heavy atom. The summed E-state index contributed by atoms with van der Waals surface area (Å²) in [6.45, 7) is 1.67. The highest BCUT2D eigenvalue weighted by Gasteiger charge is 2.39. The Bertz CT molecular complexity index is 1360. The summed E-state index contributed by atoms with van der Waals surface area (Å²) in [6, 6.07) is 14.5. The smallest absolute Gasteiger partial charge is 0.263 e. The van der Waals surface area contributed by atoms with E-state index in [9.17, 15) is 14.4 Å². The second kappa shape index (κ2) is 10.9.